The molecule has 2 amide bonds. The van der Waals surface area contributed by atoms with Gasteiger partial charge in [0.1, 0.15) is 12.6 Å². The standard InChI is InChI=1S/C32H41N3O4S/c1-7-16-33-32(37)30(8-2)34(21-27-11-9-10-24(4)18-27)31(36)22-35(28-19-25(5)17-26(6)20-28)40(38,39)29-14-12-23(3)13-15-29/h9-15,17-20,30H,7-8,16,21-22H2,1-6H3,(H,33,37)/t30-/m0/s1. The molecule has 3 rings (SSSR count). The maximum Gasteiger partial charge on any atom is 0.264 e. The molecule has 0 unspecified atom stereocenters. The Morgan fingerprint density at radius 1 is 0.825 bits per heavy atom. The Labute approximate surface area is 239 Å². The van der Waals surface area contributed by atoms with Crippen molar-refractivity contribution in [3.05, 3.63) is 94.5 Å². The highest BCUT2D eigenvalue weighted by Crippen LogP contribution is 2.27. The summed E-state index contributed by atoms with van der Waals surface area (Å²) in [6, 6.07) is 19.1. The van der Waals surface area contributed by atoms with Gasteiger partial charge in [0.25, 0.3) is 10.0 Å². The first-order valence-corrected chi connectivity index (χ1v) is 15.2. The van der Waals surface area contributed by atoms with Crippen LogP contribution in [0.1, 0.15) is 54.5 Å². The van der Waals surface area contributed by atoms with Gasteiger partial charge < -0.3 is 10.2 Å². The highest BCUT2D eigenvalue weighted by molar-refractivity contribution is 7.92. The van der Waals surface area contributed by atoms with E-state index in [1.807, 2.05) is 71.9 Å². The normalized spacial score (nSPS) is 12.1. The van der Waals surface area contributed by atoms with Crippen LogP contribution in [0.25, 0.3) is 0 Å². The lowest BCUT2D eigenvalue weighted by molar-refractivity contribution is -0.140. The van der Waals surface area contributed by atoms with Crippen molar-refractivity contribution in [2.75, 3.05) is 17.4 Å². The van der Waals surface area contributed by atoms with Crippen molar-refractivity contribution < 1.29 is 18.0 Å². The first kappa shape index (κ1) is 30.9. The van der Waals surface area contributed by atoms with Crippen molar-refractivity contribution >= 4 is 27.5 Å². The van der Waals surface area contributed by atoms with E-state index in [4.69, 9.17) is 0 Å². The van der Waals surface area contributed by atoms with Crippen LogP contribution in [0.3, 0.4) is 0 Å². The number of carbonyl (C=O) groups excluding carboxylic acids is 2. The molecule has 1 atom stereocenters. The quantitative estimate of drug-likeness (QED) is 0.318. The molecular weight excluding hydrogens is 522 g/mol. The van der Waals surface area contributed by atoms with E-state index in [-0.39, 0.29) is 17.3 Å². The molecule has 7 nitrogen and oxygen atoms in total. The summed E-state index contributed by atoms with van der Waals surface area (Å²) in [5.41, 5.74) is 5.01. The van der Waals surface area contributed by atoms with Crippen LogP contribution in [0, 0.1) is 27.7 Å². The van der Waals surface area contributed by atoms with Crippen LogP contribution in [-0.4, -0.2) is 44.3 Å². The van der Waals surface area contributed by atoms with Gasteiger partial charge >= 0.3 is 0 Å². The lowest BCUT2D eigenvalue weighted by Gasteiger charge is -2.33. The van der Waals surface area contributed by atoms with Crippen LogP contribution < -0.4 is 9.62 Å². The van der Waals surface area contributed by atoms with Crippen molar-refractivity contribution in [3.63, 3.8) is 0 Å². The van der Waals surface area contributed by atoms with Crippen LogP contribution in [0.2, 0.25) is 0 Å². The largest absolute Gasteiger partial charge is 0.354 e. The number of sulfonamides is 1. The van der Waals surface area contributed by atoms with Gasteiger partial charge in [-0.15, -0.1) is 0 Å². The van der Waals surface area contributed by atoms with Gasteiger partial charge in [-0.05, 0) is 81.5 Å². The molecule has 0 bridgehead atoms. The van der Waals surface area contributed by atoms with Crippen molar-refractivity contribution in [2.24, 2.45) is 0 Å². The minimum Gasteiger partial charge on any atom is -0.354 e. The number of benzene rings is 3. The third-order valence-corrected chi connectivity index (χ3v) is 8.54. The summed E-state index contributed by atoms with van der Waals surface area (Å²) in [6.07, 6.45) is 1.16. The van der Waals surface area contributed by atoms with E-state index < -0.39 is 28.5 Å². The van der Waals surface area contributed by atoms with E-state index >= 15 is 0 Å². The highest BCUT2D eigenvalue weighted by Gasteiger charge is 2.33. The van der Waals surface area contributed by atoms with E-state index in [2.05, 4.69) is 5.32 Å². The van der Waals surface area contributed by atoms with Crippen LogP contribution in [0.5, 0.6) is 0 Å². The maximum absolute atomic E-state index is 14.1. The average Bonchev–Trinajstić information content (AvgIpc) is 2.89. The Balaban J connectivity index is 2.09. The topological polar surface area (TPSA) is 86.8 Å². The van der Waals surface area contributed by atoms with Gasteiger partial charge in [0.15, 0.2) is 0 Å². The van der Waals surface area contributed by atoms with Crippen molar-refractivity contribution in [1.82, 2.24) is 10.2 Å². The Hall–Kier alpha value is -3.65. The number of nitrogens with zero attached hydrogens (tertiary/aromatic N) is 2. The molecule has 0 aliphatic rings. The summed E-state index contributed by atoms with van der Waals surface area (Å²) in [6.45, 7) is 11.7. The Morgan fingerprint density at radius 2 is 1.48 bits per heavy atom. The van der Waals surface area contributed by atoms with Crippen LogP contribution in [0.15, 0.2) is 71.6 Å². The number of aryl methyl sites for hydroxylation is 4. The fourth-order valence-corrected chi connectivity index (χ4v) is 6.15. The van der Waals surface area contributed by atoms with Crippen molar-refractivity contribution in [3.8, 4) is 0 Å². The Morgan fingerprint density at radius 3 is 2.05 bits per heavy atom. The number of hydrogen-bond acceptors (Lipinski definition) is 4. The number of rotatable bonds is 12. The molecule has 8 heteroatoms. The monoisotopic (exact) mass is 563 g/mol. The summed E-state index contributed by atoms with van der Waals surface area (Å²) < 4.78 is 29.2. The second-order valence-electron chi connectivity index (χ2n) is 10.4. The van der Waals surface area contributed by atoms with Crippen molar-refractivity contribution in [1.29, 1.82) is 0 Å². The molecular formula is C32H41N3O4S. The number of hydrogen-bond donors (Lipinski definition) is 1. The third kappa shape index (κ3) is 7.72. The van der Waals surface area contributed by atoms with Gasteiger partial charge in [0.05, 0.1) is 10.6 Å². The molecule has 40 heavy (non-hydrogen) atoms. The molecule has 0 aromatic heterocycles. The molecule has 3 aromatic carbocycles. The summed E-state index contributed by atoms with van der Waals surface area (Å²) in [5, 5.41) is 2.91. The number of carbonyl (C=O) groups is 2. The molecule has 0 aliphatic carbocycles. The molecule has 3 aromatic rings. The molecule has 0 spiro atoms. The van der Waals surface area contributed by atoms with Crippen LogP contribution in [0.4, 0.5) is 5.69 Å². The van der Waals surface area contributed by atoms with Crippen LogP contribution >= 0.6 is 0 Å². The van der Waals surface area contributed by atoms with Gasteiger partial charge in [0, 0.05) is 13.1 Å². The van der Waals surface area contributed by atoms with E-state index in [1.165, 1.54) is 9.21 Å². The summed E-state index contributed by atoms with van der Waals surface area (Å²) in [5.74, 6) is -0.695. The number of amides is 2. The predicted molar refractivity (Wildman–Crippen MR) is 161 cm³/mol. The van der Waals surface area contributed by atoms with Crippen LogP contribution in [-0.2, 0) is 26.2 Å². The van der Waals surface area contributed by atoms with E-state index in [1.54, 1.807) is 36.4 Å². The average molecular weight is 564 g/mol. The zero-order valence-electron chi connectivity index (χ0n) is 24.4. The summed E-state index contributed by atoms with van der Waals surface area (Å²) in [4.78, 5) is 28.9. The zero-order valence-corrected chi connectivity index (χ0v) is 25.2. The van der Waals surface area contributed by atoms with Gasteiger partial charge in [-0.1, -0.05) is 67.4 Å². The molecule has 0 saturated carbocycles. The van der Waals surface area contributed by atoms with E-state index in [9.17, 15) is 18.0 Å². The number of anilines is 1. The molecule has 0 aliphatic heterocycles. The molecule has 0 heterocycles. The Kier molecular flexibility index (Phi) is 10.5. The first-order chi connectivity index (χ1) is 19.0. The molecule has 1 N–H and O–H groups in total. The molecule has 0 saturated heterocycles. The van der Waals surface area contributed by atoms with E-state index in [0.29, 0.717) is 18.7 Å². The lowest BCUT2D eigenvalue weighted by Crippen LogP contribution is -2.52. The summed E-state index contributed by atoms with van der Waals surface area (Å²) >= 11 is 0. The third-order valence-electron chi connectivity index (χ3n) is 6.75. The molecule has 214 valence electrons. The second-order valence-corrected chi connectivity index (χ2v) is 12.3. The zero-order chi connectivity index (χ0) is 29.4. The van der Waals surface area contributed by atoms with Gasteiger partial charge in [-0.2, -0.15) is 0 Å². The predicted octanol–water partition coefficient (Wildman–Crippen LogP) is 5.45. The highest BCUT2D eigenvalue weighted by atomic mass is 32.2. The Bertz CT molecular complexity index is 1410. The smallest absolute Gasteiger partial charge is 0.264 e. The van der Waals surface area contributed by atoms with Gasteiger partial charge in [0.2, 0.25) is 11.8 Å². The minimum atomic E-state index is -4.09. The fraction of sp³-hybridized carbons (Fsp3) is 0.375. The lowest BCUT2D eigenvalue weighted by atomic mass is 10.1. The van der Waals surface area contributed by atoms with Crippen molar-refractivity contribution in [2.45, 2.75) is 71.9 Å². The first-order valence-electron chi connectivity index (χ1n) is 13.8. The fourth-order valence-electron chi connectivity index (χ4n) is 4.75. The SMILES string of the molecule is CCCNC(=O)[C@H](CC)N(Cc1cccc(C)c1)C(=O)CN(c1cc(C)cc(C)c1)S(=O)(=O)c1ccc(C)cc1. The number of nitrogens with one attached hydrogen (secondary N) is 1. The second kappa shape index (κ2) is 13.6. The summed E-state index contributed by atoms with van der Waals surface area (Å²) in [7, 11) is -4.09. The van der Waals surface area contributed by atoms with Gasteiger partial charge in [-0.3, -0.25) is 13.9 Å². The van der Waals surface area contributed by atoms with Gasteiger partial charge in [-0.25, -0.2) is 8.42 Å². The molecule has 0 radical (unpaired) electrons. The maximum atomic E-state index is 14.1. The van der Waals surface area contributed by atoms with E-state index in [0.717, 1.165) is 34.2 Å². The molecule has 0 fully saturated rings. The minimum absolute atomic E-state index is 0.100.